The molecule has 0 aromatic heterocycles. The lowest BCUT2D eigenvalue weighted by Gasteiger charge is -2.14. The predicted octanol–water partition coefficient (Wildman–Crippen LogP) is 8.79. The van der Waals surface area contributed by atoms with Crippen molar-refractivity contribution in [3.05, 3.63) is 0 Å². The summed E-state index contributed by atoms with van der Waals surface area (Å²) in [4.78, 5) is 0. The Morgan fingerprint density at radius 3 is 1.15 bits per heavy atom. The standard InChI is InChI=1S/C25H53N/c1-3-5-6-7-8-9-10-13-16-19-22-25(4-2)23-20-17-14-11-12-15-18-21-24-26/h25H,3-24,26H2,1-2H3. The normalized spacial score (nSPS) is 12.6. The van der Waals surface area contributed by atoms with E-state index in [1.807, 2.05) is 0 Å². The summed E-state index contributed by atoms with van der Waals surface area (Å²) >= 11 is 0. The molecule has 0 spiro atoms. The fourth-order valence-corrected chi connectivity index (χ4v) is 4.11. The average molecular weight is 368 g/mol. The van der Waals surface area contributed by atoms with Crippen LogP contribution in [0.3, 0.4) is 0 Å². The Bertz CT molecular complexity index is 238. The fraction of sp³-hybridized carbons (Fsp3) is 1.00. The van der Waals surface area contributed by atoms with Crippen molar-refractivity contribution >= 4 is 0 Å². The zero-order chi connectivity index (χ0) is 19.1. The number of unbranched alkanes of at least 4 members (excludes halogenated alkanes) is 16. The molecule has 1 heteroatoms. The third kappa shape index (κ3) is 20.3. The highest BCUT2D eigenvalue weighted by atomic mass is 14.5. The molecule has 2 N–H and O–H groups in total. The van der Waals surface area contributed by atoms with Crippen LogP contribution in [0.4, 0.5) is 0 Å². The van der Waals surface area contributed by atoms with Crippen LogP contribution in [0.15, 0.2) is 0 Å². The number of hydrogen-bond acceptors (Lipinski definition) is 1. The molecule has 1 unspecified atom stereocenters. The van der Waals surface area contributed by atoms with E-state index < -0.39 is 0 Å². The van der Waals surface area contributed by atoms with E-state index in [9.17, 15) is 0 Å². The predicted molar refractivity (Wildman–Crippen MR) is 121 cm³/mol. The van der Waals surface area contributed by atoms with Gasteiger partial charge in [0.25, 0.3) is 0 Å². The Hall–Kier alpha value is -0.0400. The van der Waals surface area contributed by atoms with Crippen molar-refractivity contribution in [1.29, 1.82) is 0 Å². The molecule has 0 aliphatic carbocycles. The van der Waals surface area contributed by atoms with E-state index in [2.05, 4.69) is 13.8 Å². The molecule has 0 aliphatic heterocycles. The number of hydrogen-bond donors (Lipinski definition) is 1. The zero-order valence-electron chi connectivity index (χ0n) is 18.7. The smallest absolute Gasteiger partial charge is 0.00773 e. The second-order valence-corrected chi connectivity index (χ2v) is 8.65. The van der Waals surface area contributed by atoms with Gasteiger partial charge in [-0.3, -0.25) is 0 Å². The first-order valence-electron chi connectivity index (χ1n) is 12.5. The highest BCUT2D eigenvalue weighted by Crippen LogP contribution is 2.22. The van der Waals surface area contributed by atoms with E-state index in [0.29, 0.717) is 0 Å². The quantitative estimate of drug-likeness (QED) is 0.190. The van der Waals surface area contributed by atoms with Crippen molar-refractivity contribution in [2.75, 3.05) is 6.54 Å². The lowest BCUT2D eigenvalue weighted by atomic mass is 9.92. The Balaban J connectivity index is 3.28. The third-order valence-electron chi connectivity index (χ3n) is 6.11. The summed E-state index contributed by atoms with van der Waals surface area (Å²) in [6, 6.07) is 0. The van der Waals surface area contributed by atoms with E-state index in [-0.39, 0.29) is 0 Å². The van der Waals surface area contributed by atoms with Crippen molar-refractivity contribution in [2.24, 2.45) is 11.7 Å². The summed E-state index contributed by atoms with van der Waals surface area (Å²) in [7, 11) is 0. The molecule has 1 atom stereocenters. The summed E-state index contributed by atoms with van der Waals surface area (Å²) in [5.74, 6) is 1.01. The first-order chi connectivity index (χ1) is 12.8. The van der Waals surface area contributed by atoms with Gasteiger partial charge in [0, 0.05) is 0 Å². The van der Waals surface area contributed by atoms with Gasteiger partial charge in [-0.1, -0.05) is 142 Å². The van der Waals surface area contributed by atoms with Crippen LogP contribution in [0.25, 0.3) is 0 Å². The van der Waals surface area contributed by atoms with Gasteiger partial charge in [0.05, 0.1) is 0 Å². The van der Waals surface area contributed by atoms with Crippen molar-refractivity contribution < 1.29 is 0 Å². The average Bonchev–Trinajstić information content (AvgIpc) is 2.66. The van der Waals surface area contributed by atoms with Gasteiger partial charge < -0.3 is 5.73 Å². The van der Waals surface area contributed by atoms with Gasteiger partial charge in [-0.2, -0.15) is 0 Å². The summed E-state index contributed by atoms with van der Waals surface area (Å²) in [5, 5.41) is 0. The molecule has 0 heterocycles. The number of nitrogens with two attached hydrogens (primary N) is 1. The van der Waals surface area contributed by atoms with Crippen LogP contribution in [0, 0.1) is 5.92 Å². The molecule has 0 bridgehead atoms. The first-order valence-corrected chi connectivity index (χ1v) is 12.5. The Morgan fingerprint density at radius 1 is 0.462 bits per heavy atom. The summed E-state index contributed by atoms with van der Waals surface area (Å²) < 4.78 is 0. The maximum Gasteiger partial charge on any atom is -0.00773 e. The fourth-order valence-electron chi connectivity index (χ4n) is 4.11. The van der Waals surface area contributed by atoms with Gasteiger partial charge in [-0.15, -0.1) is 0 Å². The Morgan fingerprint density at radius 2 is 0.808 bits per heavy atom. The van der Waals surface area contributed by atoms with Crippen LogP contribution in [-0.2, 0) is 0 Å². The minimum atomic E-state index is 0.872. The van der Waals surface area contributed by atoms with E-state index in [1.54, 1.807) is 0 Å². The molecule has 0 saturated heterocycles. The second-order valence-electron chi connectivity index (χ2n) is 8.65. The van der Waals surface area contributed by atoms with E-state index in [4.69, 9.17) is 5.73 Å². The lowest BCUT2D eigenvalue weighted by Crippen LogP contribution is -1.99. The molecule has 0 aliphatic rings. The lowest BCUT2D eigenvalue weighted by molar-refractivity contribution is 0.392. The molecule has 0 rings (SSSR count). The molecule has 0 fully saturated rings. The molecule has 0 amide bonds. The van der Waals surface area contributed by atoms with Crippen molar-refractivity contribution in [3.63, 3.8) is 0 Å². The molecular formula is C25H53N. The summed E-state index contributed by atoms with van der Waals surface area (Å²) in [5.41, 5.74) is 5.54. The van der Waals surface area contributed by atoms with Crippen LogP contribution >= 0.6 is 0 Å². The largest absolute Gasteiger partial charge is 0.330 e. The third-order valence-corrected chi connectivity index (χ3v) is 6.11. The SMILES string of the molecule is CCCCCCCCCCCCC(CC)CCCCCCCCCCN. The molecule has 0 saturated carbocycles. The summed E-state index contributed by atoms with van der Waals surface area (Å²) in [6.07, 6.45) is 30.2. The van der Waals surface area contributed by atoms with Crippen LogP contribution in [-0.4, -0.2) is 6.54 Å². The maximum atomic E-state index is 5.54. The monoisotopic (exact) mass is 367 g/mol. The molecule has 1 nitrogen and oxygen atoms in total. The van der Waals surface area contributed by atoms with E-state index in [1.165, 1.54) is 135 Å². The Labute approximate surface area is 167 Å². The van der Waals surface area contributed by atoms with Crippen LogP contribution in [0.5, 0.6) is 0 Å². The molecular weight excluding hydrogens is 314 g/mol. The van der Waals surface area contributed by atoms with Gasteiger partial charge in [0.15, 0.2) is 0 Å². The van der Waals surface area contributed by atoms with Crippen molar-refractivity contribution in [1.82, 2.24) is 0 Å². The van der Waals surface area contributed by atoms with Crippen molar-refractivity contribution in [2.45, 2.75) is 149 Å². The van der Waals surface area contributed by atoms with E-state index in [0.717, 1.165) is 12.5 Å². The number of rotatable bonds is 22. The molecule has 26 heavy (non-hydrogen) atoms. The zero-order valence-corrected chi connectivity index (χ0v) is 18.7. The van der Waals surface area contributed by atoms with Gasteiger partial charge in [0.2, 0.25) is 0 Å². The summed E-state index contributed by atoms with van der Waals surface area (Å²) in [6.45, 7) is 5.57. The highest BCUT2D eigenvalue weighted by Gasteiger charge is 2.05. The Kier molecular flexibility index (Phi) is 23.0. The topological polar surface area (TPSA) is 26.0 Å². The van der Waals surface area contributed by atoms with Crippen LogP contribution in [0.2, 0.25) is 0 Å². The van der Waals surface area contributed by atoms with Gasteiger partial charge in [-0.05, 0) is 18.9 Å². The first kappa shape index (κ1) is 26.0. The van der Waals surface area contributed by atoms with Gasteiger partial charge >= 0.3 is 0 Å². The van der Waals surface area contributed by atoms with Crippen LogP contribution < -0.4 is 5.73 Å². The maximum absolute atomic E-state index is 5.54. The second kappa shape index (κ2) is 23.0. The molecule has 0 aromatic carbocycles. The van der Waals surface area contributed by atoms with Gasteiger partial charge in [-0.25, -0.2) is 0 Å². The van der Waals surface area contributed by atoms with Crippen molar-refractivity contribution in [3.8, 4) is 0 Å². The minimum Gasteiger partial charge on any atom is -0.330 e. The minimum absolute atomic E-state index is 0.872. The molecule has 158 valence electrons. The molecule has 0 aromatic rings. The van der Waals surface area contributed by atoms with Gasteiger partial charge in [0.1, 0.15) is 0 Å². The molecule has 0 radical (unpaired) electrons. The highest BCUT2D eigenvalue weighted by molar-refractivity contribution is 4.59. The van der Waals surface area contributed by atoms with E-state index >= 15 is 0 Å². The van der Waals surface area contributed by atoms with Crippen LogP contribution in [0.1, 0.15) is 149 Å².